The fourth-order valence-corrected chi connectivity index (χ4v) is 3.05. The lowest BCUT2D eigenvalue weighted by molar-refractivity contribution is -0.137. The van der Waals surface area contributed by atoms with Gasteiger partial charge in [-0.15, -0.1) is 0 Å². The lowest BCUT2D eigenvalue weighted by Gasteiger charge is -2.35. The van der Waals surface area contributed by atoms with Crippen LogP contribution in [0.3, 0.4) is 0 Å². The molecule has 1 fully saturated rings. The van der Waals surface area contributed by atoms with E-state index < -0.39 is 11.2 Å². The molecule has 0 saturated heterocycles. The van der Waals surface area contributed by atoms with Gasteiger partial charge >= 0.3 is 5.97 Å². The summed E-state index contributed by atoms with van der Waals surface area (Å²) >= 11 is 0. The van der Waals surface area contributed by atoms with Crippen LogP contribution in [0.2, 0.25) is 0 Å². The molecule has 1 heterocycles. The highest BCUT2D eigenvalue weighted by molar-refractivity contribution is 5.90. The molecule has 0 spiro atoms. The zero-order chi connectivity index (χ0) is 15.0. The average Bonchev–Trinajstić information content (AvgIpc) is 2.67. The van der Waals surface area contributed by atoms with Gasteiger partial charge in [-0.25, -0.2) is 4.79 Å². The molecule has 4 heteroatoms. The Morgan fingerprint density at radius 1 is 1.50 bits per heavy atom. The summed E-state index contributed by atoms with van der Waals surface area (Å²) in [5.74, 6) is 6.17. The normalized spacial score (nSPS) is 29.1. The fraction of sp³-hybridized carbons (Fsp3) is 0.688. The molecule has 0 bridgehead atoms. The molecule has 1 aliphatic carbocycles. The average molecular weight is 278 g/mol. The number of allylic oxidation sites excluding steroid dienone is 1. The van der Waals surface area contributed by atoms with Gasteiger partial charge in [0.15, 0.2) is 5.60 Å². The summed E-state index contributed by atoms with van der Waals surface area (Å²) in [7, 11) is 1.38. The molecular formula is C16H22O4. The predicted octanol–water partition coefficient (Wildman–Crippen LogP) is 2.17. The Labute approximate surface area is 120 Å². The van der Waals surface area contributed by atoms with Gasteiger partial charge in [0.05, 0.1) is 12.7 Å². The van der Waals surface area contributed by atoms with Crippen LogP contribution < -0.4 is 0 Å². The van der Waals surface area contributed by atoms with Gasteiger partial charge in [0.25, 0.3) is 0 Å². The first-order valence-electron chi connectivity index (χ1n) is 7.04. The molecule has 0 aromatic heterocycles. The largest absolute Gasteiger partial charge is 0.478 e. The molecule has 2 aliphatic rings. The molecule has 0 amide bonds. The van der Waals surface area contributed by atoms with E-state index in [0.717, 1.165) is 25.7 Å². The third-order valence-electron chi connectivity index (χ3n) is 3.90. The maximum Gasteiger partial charge on any atom is 0.337 e. The number of aliphatic hydroxyl groups is 1. The number of ether oxygens (including phenoxy) is 2. The molecular weight excluding hydrogens is 256 g/mol. The quantitative estimate of drug-likeness (QED) is 0.590. The van der Waals surface area contributed by atoms with Crippen molar-refractivity contribution >= 4 is 5.97 Å². The van der Waals surface area contributed by atoms with E-state index in [1.165, 1.54) is 7.11 Å². The molecule has 20 heavy (non-hydrogen) atoms. The fourth-order valence-electron chi connectivity index (χ4n) is 3.05. The van der Waals surface area contributed by atoms with Crippen molar-refractivity contribution in [2.24, 2.45) is 5.92 Å². The molecule has 0 aromatic carbocycles. The van der Waals surface area contributed by atoms with Gasteiger partial charge in [-0.2, -0.15) is 0 Å². The monoisotopic (exact) mass is 278 g/mol. The number of rotatable bonds is 1. The summed E-state index contributed by atoms with van der Waals surface area (Å²) in [5, 5.41) is 9.82. The van der Waals surface area contributed by atoms with Crippen LogP contribution in [0.15, 0.2) is 11.3 Å². The lowest BCUT2D eigenvalue weighted by Crippen LogP contribution is -2.40. The van der Waals surface area contributed by atoms with E-state index in [1.807, 2.05) is 0 Å². The number of carbonyl (C=O) groups excluding carboxylic acids is 1. The van der Waals surface area contributed by atoms with E-state index in [4.69, 9.17) is 9.47 Å². The van der Waals surface area contributed by atoms with Gasteiger partial charge in [0.1, 0.15) is 11.4 Å². The standard InChI is InChI=1S/C16H22O4/c1-11-13(14(17)19-4)12-7-5-6-8-16(12,20-11)10-9-15(2,3)18/h12,18H,5-8H2,1-4H3/t12-,16+/m1/s1. The van der Waals surface area contributed by atoms with Crippen LogP contribution in [0.4, 0.5) is 0 Å². The first-order valence-corrected chi connectivity index (χ1v) is 7.04. The minimum atomic E-state index is -1.07. The second-order valence-corrected chi connectivity index (χ2v) is 6.06. The van der Waals surface area contributed by atoms with Gasteiger partial charge < -0.3 is 14.6 Å². The van der Waals surface area contributed by atoms with Crippen molar-refractivity contribution in [1.29, 1.82) is 0 Å². The number of hydrogen-bond donors (Lipinski definition) is 1. The molecule has 2 rings (SSSR count). The molecule has 0 unspecified atom stereocenters. The Balaban J connectivity index is 2.38. The molecule has 1 aliphatic heterocycles. The highest BCUT2D eigenvalue weighted by Gasteiger charge is 2.51. The maximum atomic E-state index is 12.0. The Bertz CT molecular complexity index is 501. The minimum absolute atomic E-state index is 0.0569. The second kappa shape index (κ2) is 5.14. The summed E-state index contributed by atoms with van der Waals surface area (Å²) in [6, 6.07) is 0. The molecule has 110 valence electrons. The number of methoxy groups -OCH3 is 1. The summed E-state index contributed by atoms with van der Waals surface area (Å²) in [6.45, 7) is 5.08. The molecule has 0 aromatic rings. The number of hydrogen-bond acceptors (Lipinski definition) is 4. The van der Waals surface area contributed by atoms with Crippen LogP contribution in [0.5, 0.6) is 0 Å². The highest BCUT2D eigenvalue weighted by Crippen LogP contribution is 2.48. The van der Waals surface area contributed by atoms with Crippen LogP contribution in [-0.4, -0.2) is 29.4 Å². The van der Waals surface area contributed by atoms with E-state index in [9.17, 15) is 9.90 Å². The third-order valence-corrected chi connectivity index (χ3v) is 3.90. The smallest absolute Gasteiger partial charge is 0.337 e. The third kappa shape index (κ3) is 2.69. The van der Waals surface area contributed by atoms with E-state index >= 15 is 0 Å². The van der Waals surface area contributed by atoms with Crippen LogP contribution >= 0.6 is 0 Å². The number of carbonyl (C=O) groups is 1. The highest BCUT2D eigenvalue weighted by atomic mass is 16.5. The van der Waals surface area contributed by atoms with E-state index in [0.29, 0.717) is 11.3 Å². The number of esters is 1. The Morgan fingerprint density at radius 3 is 2.80 bits per heavy atom. The maximum absolute atomic E-state index is 12.0. The Morgan fingerprint density at radius 2 is 2.20 bits per heavy atom. The summed E-state index contributed by atoms with van der Waals surface area (Å²) in [4.78, 5) is 12.0. The topological polar surface area (TPSA) is 55.8 Å². The van der Waals surface area contributed by atoms with Gasteiger partial charge in [-0.1, -0.05) is 18.3 Å². The van der Waals surface area contributed by atoms with E-state index in [2.05, 4.69) is 11.8 Å². The van der Waals surface area contributed by atoms with Crippen LogP contribution in [0, 0.1) is 17.8 Å². The summed E-state index contributed by atoms with van der Waals surface area (Å²) in [5.41, 5.74) is -1.13. The van der Waals surface area contributed by atoms with Crippen molar-refractivity contribution in [3.05, 3.63) is 11.3 Å². The van der Waals surface area contributed by atoms with Gasteiger partial charge in [-0.05, 0) is 40.0 Å². The predicted molar refractivity (Wildman–Crippen MR) is 74.6 cm³/mol. The molecule has 2 atom stereocenters. The van der Waals surface area contributed by atoms with Crippen molar-refractivity contribution in [2.45, 2.75) is 57.7 Å². The van der Waals surface area contributed by atoms with Crippen molar-refractivity contribution in [1.82, 2.24) is 0 Å². The van der Waals surface area contributed by atoms with Crippen LogP contribution in [0.1, 0.15) is 46.5 Å². The zero-order valence-corrected chi connectivity index (χ0v) is 12.6. The van der Waals surface area contributed by atoms with Crippen molar-refractivity contribution in [2.75, 3.05) is 7.11 Å². The molecule has 0 radical (unpaired) electrons. The van der Waals surface area contributed by atoms with Gasteiger partial charge in [-0.3, -0.25) is 0 Å². The van der Waals surface area contributed by atoms with Crippen molar-refractivity contribution < 1.29 is 19.4 Å². The van der Waals surface area contributed by atoms with Crippen LogP contribution in [-0.2, 0) is 14.3 Å². The summed E-state index contributed by atoms with van der Waals surface area (Å²) in [6.07, 6.45) is 3.70. The molecule has 1 saturated carbocycles. The lowest BCUT2D eigenvalue weighted by atomic mass is 9.73. The van der Waals surface area contributed by atoms with E-state index in [1.54, 1.807) is 20.8 Å². The van der Waals surface area contributed by atoms with Crippen molar-refractivity contribution in [3.63, 3.8) is 0 Å². The molecule has 4 nitrogen and oxygen atoms in total. The van der Waals surface area contributed by atoms with E-state index in [-0.39, 0.29) is 11.9 Å². The SMILES string of the molecule is COC(=O)C1=C(C)O[C@]2(C#CC(C)(C)O)CCCC[C@H]12. The van der Waals surface area contributed by atoms with Crippen LogP contribution in [0.25, 0.3) is 0 Å². The molecule has 1 N–H and O–H groups in total. The van der Waals surface area contributed by atoms with Gasteiger partial charge in [0.2, 0.25) is 0 Å². The first-order chi connectivity index (χ1) is 9.29. The summed E-state index contributed by atoms with van der Waals surface area (Å²) < 4.78 is 10.8. The zero-order valence-electron chi connectivity index (χ0n) is 12.6. The minimum Gasteiger partial charge on any atom is -0.478 e. The second-order valence-electron chi connectivity index (χ2n) is 6.06. The Hall–Kier alpha value is -1.47. The number of fused-ring (bicyclic) bond motifs is 1. The first kappa shape index (κ1) is 14.9. The van der Waals surface area contributed by atoms with Gasteiger partial charge in [0, 0.05) is 5.92 Å². The Kier molecular flexibility index (Phi) is 3.84. The van der Waals surface area contributed by atoms with Crippen molar-refractivity contribution in [3.8, 4) is 11.8 Å².